The lowest BCUT2D eigenvalue weighted by Gasteiger charge is -2.24. The van der Waals surface area contributed by atoms with Crippen molar-refractivity contribution in [1.29, 1.82) is 0 Å². The van der Waals surface area contributed by atoms with Crippen LogP contribution in [-0.4, -0.2) is 50.1 Å². The summed E-state index contributed by atoms with van der Waals surface area (Å²) in [5.74, 6) is -1.45. The van der Waals surface area contributed by atoms with Crippen LogP contribution in [0.15, 0.2) is 36.4 Å². The van der Waals surface area contributed by atoms with Gasteiger partial charge in [0.1, 0.15) is 0 Å². The molecule has 36 heavy (non-hydrogen) atoms. The fourth-order valence-corrected chi connectivity index (χ4v) is 4.27. The van der Waals surface area contributed by atoms with Gasteiger partial charge >= 0.3 is 17.9 Å². The van der Waals surface area contributed by atoms with Crippen LogP contribution in [0.2, 0.25) is 0 Å². The number of hydrogen-bond acceptors (Lipinski definition) is 10. The van der Waals surface area contributed by atoms with Crippen molar-refractivity contribution in [2.24, 2.45) is 11.8 Å². The monoisotopic (exact) mass is 502 g/mol. The first-order valence-corrected chi connectivity index (χ1v) is 11.3. The summed E-state index contributed by atoms with van der Waals surface area (Å²) >= 11 is 0. The molecule has 1 N–H and O–H groups in total. The normalized spacial score (nSPS) is 20.9. The molecule has 1 fully saturated rings. The van der Waals surface area contributed by atoms with Crippen molar-refractivity contribution in [3.63, 3.8) is 0 Å². The quantitative estimate of drug-likeness (QED) is 0.403. The number of benzene rings is 2. The molecular formula is C26H30O10. The molecule has 0 spiro atoms. The van der Waals surface area contributed by atoms with E-state index in [1.54, 1.807) is 30.3 Å². The van der Waals surface area contributed by atoms with Gasteiger partial charge in [-0.2, -0.15) is 0 Å². The molecule has 2 aromatic rings. The zero-order valence-electron chi connectivity index (χ0n) is 20.8. The minimum atomic E-state index is -0.938. The van der Waals surface area contributed by atoms with Crippen LogP contribution in [0, 0.1) is 11.8 Å². The van der Waals surface area contributed by atoms with Crippen molar-refractivity contribution in [3.8, 4) is 23.0 Å². The molecule has 0 radical (unpaired) electrons. The Bertz CT molecular complexity index is 1110. The molecule has 4 atom stereocenters. The van der Waals surface area contributed by atoms with Crippen molar-refractivity contribution in [2.45, 2.75) is 39.6 Å². The van der Waals surface area contributed by atoms with E-state index in [4.69, 9.17) is 28.4 Å². The first-order valence-electron chi connectivity index (χ1n) is 11.3. The van der Waals surface area contributed by atoms with Crippen LogP contribution in [0.4, 0.5) is 0 Å². The molecule has 194 valence electrons. The fraction of sp³-hybridized carbons (Fsp3) is 0.423. The average molecular weight is 503 g/mol. The lowest BCUT2D eigenvalue weighted by molar-refractivity contribution is -0.179. The highest BCUT2D eigenvalue weighted by molar-refractivity contribution is 5.70. The van der Waals surface area contributed by atoms with Crippen molar-refractivity contribution in [3.05, 3.63) is 47.5 Å². The summed E-state index contributed by atoms with van der Waals surface area (Å²) in [6.45, 7) is 3.89. The first-order chi connectivity index (χ1) is 17.1. The van der Waals surface area contributed by atoms with E-state index in [9.17, 15) is 19.5 Å². The number of aromatic hydroxyl groups is 1. The minimum absolute atomic E-state index is 0.00485. The summed E-state index contributed by atoms with van der Waals surface area (Å²) in [5.41, 5.74) is 1.45. The molecule has 1 aliphatic heterocycles. The lowest BCUT2D eigenvalue weighted by Crippen LogP contribution is -2.29. The molecule has 1 heterocycles. The molecule has 0 unspecified atom stereocenters. The maximum absolute atomic E-state index is 11.9. The van der Waals surface area contributed by atoms with Crippen LogP contribution in [-0.2, 0) is 35.0 Å². The Balaban J connectivity index is 2.01. The van der Waals surface area contributed by atoms with Crippen LogP contribution in [0.25, 0.3) is 0 Å². The highest BCUT2D eigenvalue weighted by Gasteiger charge is 2.47. The number of phenols is 1. The molecule has 0 saturated carbocycles. The molecule has 0 bridgehead atoms. The second kappa shape index (κ2) is 11.8. The fourth-order valence-electron chi connectivity index (χ4n) is 4.27. The lowest BCUT2D eigenvalue weighted by atomic mass is 9.83. The zero-order valence-corrected chi connectivity index (χ0v) is 20.8. The summed E-state index contributed by atoms with van der Waals surface area (Å²) in [5, 5.41) is 9.96. The maximum Gasteiger partial charge on any atom is 0.308 e. The van der Waals surface area contributed by atoms with E-state index in [0.29, 0.717) is 23.5 Å². The molecule has 10 heteroatoms. The van der Waals surface area contributed by atoms with Crippen LogP contribution >= 0.6 is 0 Å². The van der Waals surface area contributed by atoms with E-state index in [2.05, 4.69) is 0 Å². The average Bonchev–Trinajstić information content (AvgIpc) is 3.14. The summed E-state index contributed by atoms with van der Waals surface area (Å²) in [6.07, 6.45) is -1.20. The van der Waals surface area contributed by atoms with Gasteiger partial charge in [0.05, 0.1) is 26.9 Å². The Morgan fingerprint density at radius 3 is 2.19 bits per heavy atom. The molecule has 2 aromatic carbocycles. The molecule has 10 nitrogen and oxygen atoms in total. The number of esters is 3. The second-order valence-electron chi connectivity index (χ2n) is 8.38. The largest absolute Gasteiger partial charge is 0.504 e. The molecule has 1 aliphatic rings. The Kier molecular flexibility index (Phi) is 8.76. The summed E-state index contributed by atoms with van der Waals surface area (Å²) in [4.78, 5) is 35.0. The van der Waals surface area contributed by atoms with Gasteiger partial charge in [0.15, 0.2) is 23.0 Å². The number of carbonyl (C=O) groups excluding carboxylic acids is 3. The second-order valence-corrected chi connectivity index (χ2v) is 8.38. The number of carbonyl (C=O) groups is 3. The standard InChI is InChI=1S/C26H30O10/c1-14(27)33-13-20-19(10-17-6-8-21(30)23(11-17)31-4)26(35-16(3)29)36-25(20)18-7-9-22(34-15(2)28)24(12-18)32-5/h6-9,11-12,19-20,25-26,30H,10,13H2,1-5H3/t19-,20+,25-,26-/m1/s1. The predicted molar refractivity (Wildman–Crippen MR) is 126 cm³/mol. The maximum atomic E-state index is 11.9. The first kappa shape index (κ1) is 26.8. The van der Waals surface area contributed by atoms with Gasteiger partial charge in [-0.05, 0) is 41.8 Å². The molecule has 0 aliphatic carbocycles. The van der Waals surface area contributed by atoms with Crippen LogP contribution in [0.1, 0.15) is 38.0 Å². The van der Waals surface area contributed by atoms with Crippen molar-refractivity contribution in [2.75, 3.05) is 20.8 Å². The van der Waals surface area contributed by atoms with Gasteiger partial charge in [-0.1, -0.05) is 12.1 Å². The zero-order chi connectivity index (χ0) is 26.4. The summed E-state index contributed by atoms with van der Waals surface area (Å²) in [7, 11) is 2.90. The van der Waals surface area contributed by atoms with E-state index in [1.165, 1.54) is 41.1 Å². The molecule has 0 aromatic heterocycles. The number of rotatable bonds is 9. The number of methoxy groups -OCH3 is 2. The van der Waals surface area contributed by atoms with E-state index >= 15 is 0 Å². The van der Waals surface area contributed by atoms with Crippen molar-refractivity contribution < 1.29 is 47.9 Å². The van der Waals surface area contributed by atoms with Crippen LogP contribution in [0.3, 0.4) is 0 Å². The van der Waals surface area contributed by atoms with Gasteiger partial charge in [-0.3, -0.25) is 14.4 Å². The third-order valence-corrected chi connectivity index (χ3v) is 5.82. The third-order valence-electron chi connectivity index (χ3n) is 5.82. The molecule has 3 rings (SSSR count). The van der Waals surface area contributed by atoms with Crippen LogP contribution in [0.5, 0.6) is 23.0 Å². The SMILES string of the molecule is COc1cc(C[C@H]2[C@H](OC(C)=O)O[C@H](c3ccc(OC(C)=O)c(OC)c3)[C@H]2COC(C)=O)ccc1O. The van der Waals surface area contributed by atoms with E-state index in [1.807, 2.05) is 0 Å². The van der Waals surface area contributed by atoms with Crippen molar-refractivity contribution in [1.82, 2.24) is 0 Å². The smallest absolute Gasteiger partial charge is 0.308 e. The third kappa shape index (κ3) is 6.45. The van der Waals surface area contributed by atoms with Gasteiger partial charge in [-0.15, -0.1) is 0 Å². The van der Waals surface area contributed by atoms with Gasteiger partial charge < -0.3 is 33.5 Å². The van der Waals surface area contributed by atoms with Gasteiger partial charge in [0.25, 0.3) is 0 Å². The Morgan fingerprint density at radius 1 is 0.861 bits per heavy atom. The number of phenolic OH excluding ortho intramolecular Hbond substituents is 1. The number of ether oxygens (including phenoxy) is 6. The van der Waals surface area contributed by atoms with Gasteiger partial charge in [-0.25, -0.2) is 0 Å². The van der Waals surface area contributed by atoms with Crippen molar-refractivity contribution >= 4 is 17.9 Å². The molecule has 1 saturated heterocycles. The van der Waals surface area contributed by atoms with E-state index in [0.717, 1.165) is 5.56 Å². The predicted octanol–water partition coefficient (Wildman–Crippen LogP) is 3.33. The Labute approximate surface area is 209 Å². The summed E-state index contributed by atoms with van der Waals surface area (Å²) < 4.78 is 32.9. The molecule has 0 amide bonds. The topological polar surface area (TPSA) is 127 Å². The Hall–Kier alpha value is -3.79. The van der Waals surface area contributed by atoms with Gasteiger partial charge in [0, 0.05) is 32.6 Å². The molecular weight excluding hydrogens is 472 g/mol. The Morgan fingerprint density at radius 2 is 1.58 bits per heavy atom. The highest BCUT2D eigenvalue weighted by atomic mass is 16.7. The summed E-state index contributed by atoms with van der Waals surface area (Å²) in [6, 6.07) is 9.90. The van der Waals surface area contributed by atoms with Crippen LogP contribution < -0.4 is 14.2 Å². The highest BCUT2D eigenvalue weighted by Crippen LogP contribution is 2.46. The van der Waals surface area contributed by atoms with Gasteiger partial charge in [0.2, 0.25) is 6.29 Å². The van der Waals surface area contributed by atoms with E-state index in [-0.39, 0.29) is 18.1 Å². The van der Waals surface area contributed by atoms with E-state index < -0.39 is 42.1 Å². The minimum Gasteiger partial charge on any atom is -0.504 e. The number of hydrogen-bond donors (Lipinski definition) is 1.